The van der Waals surface area contributed by atoms with Crippen molar-refractivity contribution in [2.24, 2.45) is 5.92 Å². The van der Waals surface area contributed by atoms with E-state index in [0.717, 1.165) is 0 Å². The lowest BCUT2D eigenvalue weighted by Crippen LogP contribution is -2.22. The summed E-state index contributed by atoms with van der Waals surface area (Å²) in [5.41, 5.74) is 0. The lowest BCUT2D eigenvalue weighted by molar-refractivity contribution is -0.0758. The molecule has 9 nitrogen and oxygen atoms in total. The summed E-state index contributed by atoms with van der Waals surface area (Å²) in [7, 11) is 0. The third kappa shape index (κ3) is 10.6. The second kappa shape index (κ2) is 15.3. The van der Waals surface area contributed by atoms with Crippen LogP contribution in [0.2, 0.25) is 0 Å². The Bertz CT molecular complexity index is 532. The lowest BCUT2D eigenvalue weighted by Gasteiger charge is -2.19. The Morgan fingerprint density at radius 1 is 0.964 bits per heavy atom. The molecule has 0 fully saturated rings. The summed E-state index contributed by atoms with van der Waals surface area (Å²) >= 11 is 0. The fraction of sp³-hybridized carbons (Fsp3) is 0.737. The molecule has 9 heteroatoms. The number of aliphatic hydroxyl groups excluding tert-OH is 1. The molecule has 0 saturated carbocycles. The third-order valence-electron chi connectivity index (χ3n) is 3.65. The summed E-state index contributed by atoms with van der Waals surface area (Å²) in [5, 5.41) is 22.6. The molecule has 0 amide bonds. The second-order valence-corrected chi connectivity index (χ2v) is 6.19. The van der Waals surface area contributed by atoms with Gasteiger partial charge in [-0.15, -0.1) is 6.42 Å². The van der Waals surface area contributed by atoms with E-state index >= 15 is 0 Å². The minimum absolute atomic E-state index is 0.0173. The van der Waals surface area contributed by atoms with Gasteiger partial charge in [-0.3, -0.25) is 0 Å². The first kappa shape index (κ1) is 24.4. The van der Waals surface area contributed by atoms with E-state index in [1.807, 2.05) is 13.8 Å². The van der Waals surface area contributed by atoms with Crippen molar-refractivity contribution in [3.8, 4) is 18.2 Å². The van der Waals surface area contributed by atoms with Crippen molar-refractivity contribution < 1.29 is 38.4 Å². The maximum Gasteiger partial charge on any atom is 0.254 e. The minimum atomic E-state index is -1.52. The van der Waals surface area contributed by atoms with Gasteiger partial charge in [0.2, 0.25) is 0 Å². The minimum Gasteiger partial charge on any atom is -0.473 e. The van der Waals surface area contributed by atoms with E-state index in [4.69, 9.17) is 34.6 Å². The van der Waals surface area contributed by atoms with Crippen molar-refractivity contribution in [3.63, 3.8) is 0 Å². The summed E-state index contributed by atoms with van der Waals surface area (Å²) in [5.74, 6) is 2.46. The van der Waals surface area contributed by atoms with Gasteiger partial charge in [-0.25, -0.2) is 0 Å². The number of nitrogens with zero attached hydrogens (tertiary/aromatic N) is 1. The van der Waals surface area contributed by atoms with E-state index in [9.17, 15) is 10.2 Å². The zero-order valence-corrected chi connectivity index (χ0v) is 16.5. The molecule has 28 heavy (non-hydrogen) atoms. The maximum absolute atomic E-state index is 9.43. The normalized spacial score (nSPS) is 12.5. The molecule has 0 aliphatic carbocycles. The molecule has 0 radical (unpaired) electrons. The monoisotopic (exact) mass is 401 g/mol. The Labute approximate surface area is 165 Å². The molecule has 1 atom stereocenters. The highest BCUT2D eigenvalue weighted by Gasteiger charge is 2.27. The van der Waals surface area contributed by atoms with Gasteiger partial charge < -0.3 is 38.4 Å². The molecule has 1 aromatic rings. The van der Waals surface area contributed by atoms with Gasteiger partial charge >= 0.3 is 0 Å². The predicted octanol–water partition coefficient (Wildman–Crippen LogP) is 0.803. The van der Waals surface area contributed by atoms with Crippen LogP contribution in [0, 0.1) is 18.3 Å². The Hall–Kier alpha value is -1.67. The van der Waals surface area contributed by atoms with E-state index in [2.05, 4.69) is 11.1 Å². The lowest BCUT2D eigenvalue weighted by atomic mass is 9.93. The average molecular weight is 401 g/mol. The van der Waals surface area contributed by atoms with Crippen molar-refractivity contribution in [2.45, 2.75) is 26.1 Å². The number of rotatable bonds is 17. The highest BCUT2D eigenvalue weighted by Crippen LogP contribution is 2.29. The van der Waals surface area contributed by atoms with Gasteiger partial charge in [-0.2, -0.15) is 0 Å². The zero-order chi connectivity index (χ0) is 20.6. The molecule has 160 valence electrons. The number of terminal acetylenes is 1. The van der Waals surface area contributed by atoms with Crippen molar-refractivity contribution in [2.75, 3.05) is 59.5 Å². The Balaban J connectivity index is 1.99. The van der Waals surface area contributed by atoms with E-state index in [0.29, 0.717) is 65.2 Å². The van der Waals surface area contributed by atoms with Crippen LogP contribution in [0.5, 0.6) is 5.88 Å². The standard InChI is InChI=1S/C19H31NO8/c1-4-5-23-6-7-24-8-9-25-10-11-26-12-13-27-17-14-16(28-20-17)18(15(2)3)19(21)22/h1,14-15,18-19,21-22H,5-13H2,2-3H3. The third-order valence-corrected chi connectivity index (χ3v) is 3.65. The Kier molecular flexibility index (Phi) is 13.3. The molecule has 0 spiro atoms. The van der Waals surface area contributed by atoms with Gasteiger partial charge in [-0.05, 0) is 11.1 Å². The van der Waals surface area contributed by atoms with Crippen LogP contribution in [0.25, 0.3) is 0 Å². The number of aliphatic hydroxyl groups is 2. The molecular formula is C19H31NO8. The predicted molar refractivity (Wildman–Crippen MR) is 99.9 cm³/mol. The zero-order valence-electron chi connectivity index (χ0n) is 16.5. The Morgan fingerprint density at radius 2 is 1.50 bits per heavy atom. The fourth-order valence-corrected chi connectivity index (χ4v) is 2.31. The van der Waals surface area contributed by atoms with Crippen LogP contribution in [0.3, 0.4) is 0 Å². The summed E-state index contributed by atoms with van der Waals surface area (Å²) in [4.78, 5) is 0. The number of aromatic nitrogens is 1. The summed E-state index contributed by atoms with van der Waals surface area (Å²) in [6, 6.07) is 1.56. The molecule has 0 bridgehead atoms. The number of ether oxygens (including phenoxy) is 5. The quantitative estimate of drug-likeness (QED) is 0.222. The molecular weight excluding hydrogens is 370 g/mol. The van der Waals surface area contributed by atoms with Crippen molar-refractivity contribution >= 4 is 0 Å². The van der Waals surface area contributed by atoms with Crippen LogP contribution >= 0.6 is 0 Å². The molecule has 0 aromatic carbocycles. The van der Waals surface area contributed by atoms with Crippen LogP contribution in [0.15, 0.2) is 10.6 Å². The topological polar surface area (TPSA) is 113 Å². The second-order valence-electron chi connectivity index (χ2n) is 6.19. The smallest absolute Gasteiger partial charge is 0.254 e. The van der Waals surface area contributed by atoms with Gasteiger partial charge in [-0.1, -0.05) is 19.8 Å². The van der Waals surface area contributed by atoms with Crippen molar-refractivity contribution in [1.29, 1.82) is 0 Å². The molecule has 2 N–H and O–H groups in total. The maximum atomic E-state index is 9.43. The molecule has 0 saturated heterocycles. The van der Waals surface area contributed by atoms with E-state index < -0.39 is 12.2 Å². The Morgan fingerprint density at radius 3 is 2.00 bits per heavy atom. The highest BCUT2D eigenvalue weighted by molar-refractivity contribution is 5.15. The van der Waals surface area contributed by atoms with Crippen LogP contribution in [0.1, 0.15) is 25.5 Å². The van der Waals surface area contributed by atoms with Crippen LogP contribution < -0.4 is 4.74 Å². The highest BCUT2D eigenvalue weighted by atomic mass is 16.6. The summed E-state index contributed by atoms with van der Waals surface area (Å²) in [6.45, 7) is 7.49. The van der Waals surface area contributed by atoms with E-state index in [-0.39, 0.29) is 11.8 Å². The first-order valence-electron chi connectivity index (χ1n) is 9.26. The van der Waals surface area contributed by atoms with Gasteiger partial charge in [0, 0.05) is 6.07 Å². The molecule has 1 unspecified atom stereocenters. The van der Waals surface area contributed by atoms with Crippen molar-refractivity contribution in [3.05, 3.63) is 11.8 Å². The van der Waals surface area contributed by atoms with Gasteiger partial charge in [0.05, 0.1) is 52.2 Å². The van der Waals surface area contributed by atoms with Crippen molar-refractivity contribution in [1.82, 2.24) is 5.16 Å². The van der Waals surface area contributed by atoms with E-state index in [1.54, 1.807) is 6.07 Å². The SMILES string of the molecule is C#CCOCCOCCOCCOCCOc1cc(C(C(C)C)C(O)O)on1. The van der Waals surface area contributed by atoms with Gasteiger partial charge in [0.1, 0.15) is 19.0 Å². The fourth-order valence-electron chi connectivity index (χ4n) is 2.31. The molecule has 1 heterocycles. The van der Waals surface area contributed by atoms with Gasteiger partial charge in [0.25, 0.3) is 5.88 Å². The molecule has 1 rings (SSSR count). The number of hydrogen-bond acceptors (Lipinski definition) is 9. The largest absolute Gasteiger partial charge is 0.473 e. The van der Waals surface area contributed by atoms with Gasteiger partial charge in [0.15, 0.2) is 6.29 Å². The molecule has 1 aromatic heterocycles. The first-order valence-corrected chi connectivity index (χ1v) is 9.26. The molecule has 0 aliphatic heterocycles. The first-order chi connectivity index (χ1) is 13.6. The summed E-state index contributed by atoms with van der Waals surface area (Å²) in [6.07, 6.45) is 3.53. The molecule has 0 aliphatic rings. The van der Waals surface area contributed by atoms with Crippen LogP contribution in [0.4, 0.5) is 0 Å². The average Bonchev–Trinajstić information content (AvgIpc) is 3.09. The summed E-state index contributed by atoms with van der Waals surface area (Å²) < 4.78 is 31.7. The van der Waals surface area contributed by atoms with Crippen LogP contribution in [-0.4, -0.2) is 81.1 Å². The van der Waals surface area contributed by atoms with E-state index in [1.165, 1.54) is 0 Å². The number of hydrogen-bond donors (Lipinski definition) is 2. The van der Waals surface area contributed by atoms with Crippen LogP contribution in [-0.2, 0) is 18.9 Å².